The number of carbonyl (C=O) groups is 2. The van der Waals surface area contributed by atoms with Crippen molar-refractivity contribution in [1.82, 2.24) is 10.3 Å². The number of aromatic nitrogens is 1. The smallest absolute Gasteiger partial charge is 0.329 e. The number of hydrogen-bond donors (Lipinski definition) is 2. The van der Waals surface area contributed by atoms with E-state index in [2.05, 4.69) is 24.1 Å². The largest absolute Gasteiger partial charge is 0.503 e. The maximum absolute atomic E-state index is 13.1. The van der Waals surface area contributed by atoms with E-state index in [1.165, 1.54) is 19.4 Å². The molecule has 0 aliphatic carbocycles. The number of nitrogens with one attached hydrogen (secondary N) is 1. The fourth-order valence-corrected chi connectivity index (χ4v) is 4.56. The molecule has 2 aromatic rings. The zero-order valence-corrected chi connectivity index (χ0v) is 22.2. The van der Waals surface area contributed by atoms with E-state index < -0.39 is 24.0 Å². The fourth-order valence-electron chi connectivity index (χ4n) is 4.56. The Labute approximate surface area is 218 Å². The highest BCUT2D eigenvalue weighted by Crippen LogP contribution is 2.30. The van der Waals surface area contributed by atoms with Gasteiger partial charge < -0.3 is 29.4 Å². The summed E-state index contributed by atoms with van der Waals surface area (Å²) in [4.78, 5) is 29.9. The van der Waals surface area contributed by atoms with E-state index in [9.17, 15) is 14.7 Å². The normalized spacial score (nSPS) is 22.4. The summed E-state index contributed by atoms with van der Waals surface area (Å²) in [5, 5.41) is 13.0. The summed E-state index contributed by atoms with van der Waals surface area (Å²) >= 11 is 0. The average molecular weight is 515 g/mol. The van der Waals surface area contributed by atoms with Gasteiger partial charge in [-0.25, -0.2) is 9.78 Å². The van der Waals surface area contributed by atoms with Crippen molar-refractivity contribution in [3.63, 3.8) is 0 Å². The molecule has 1 aromatic carbocycles. The molecule has 1 aromatic heterocycles. The second kappa shape index (κ2) is 13.3. The number of nitrogens with zero attached hydrogens (tertiary/aromatic N) is 1. The first-order chi connectivity index (χ1) is 17.7. The summed E-state index contributed by atoms with van der Waals surface area (Å²) in [5.41, 5.74) is 0.932. The zero-order valence-electron chi connectivity index (χ0n) is 22.2. The molecule has 9 heteroatoms. The van der Waals surface area contributed by atoms with Gasteiger partial charge >= 0.3 is 5.97 Å². The number of esters is 1. The van der Waals surface area contributed by atoms with Crippen LogP contribution in [0, 0.1) is 11.8 Å². The Morgan fingerprint density at radius 2 is 1.89 bits per heavy atom. The Morgan fingerprint density at radius 1 is 1.16 bits per heavy atom. The molecule has 1 fully saturated rings. The molecule has 2 heterocycles. The van der Waals surface area contributed by atoms with Crippen LogP contribution < -0.4 is 14.8 Å². The van der Waals surface area contributed by atoms with Gasteiger partial charge in [0.2, 0.25) is 0 Å². The maximum Gasteiger partial charge on any atom is 0.329 e. The van der Waals surface area contributed by atoms with Gasteiger partial charge in [-0.3, -0.25) is 4.79 Å². The van der Waals surface area contributed by atoms with Crippen LogP contribution in [0.1, 0.15) is 56.1 Å². The van der Waals surface area contributed by atoms with Crippen LogP contribution in [0.25, 0.3) is 0 Å². The van der Waals surface area contributed by atoms with Crippen LogP contribution in [0.2, 0.25) is 0 Å². The lowest BCUT2D eigenvalue weighted by Gasteiger charge is -2.32. The summed E-state index contributed by atoms with van der Waals surface area (Å²) in [6, 6.07) is 8.52. The van der Waals surface area contributed by atoms with Gasteiger partial charge in [-0.1, -0.05) is 32.4 Å². The number of rotatable bonds is 9. The second-order valence-electron chi connectivity index (χ2n) is 9.81. The van der Waals surface area contributed by atoms with E-state index in [4.69, 9.17) is 18.9 Å². The molecule has 202 valence electrons. The van der Waals surface area contributed by atoms with E-state index in [-0.39, 0.29) is 29.2 Å². The SMILES string of the molecule is COc1ccc(CC2CCCC(NC(=O)c3nccc(OC)c3O)C(=O)OC(C)C2OCC(C)C)cc1. The number of carbonyl (C=O) groups excluding carboxylic acids is 2. The molecule has 37 heavy (non-hydrogen) atoms. The molecule has 0 saturated carbocycles. The predicted octanol–water partition coefficient (Wildman–Crippen LogP) is 3.92. The first-order valence-electron chi connectivity index (χ1n) is 12.7. The van der Waals surface area contributed by atoms with Gasteiger partial charge in [0.25, 0.3) is 5.91 Å². The molecule has 1 aliphatic rings. The summed E-state index contributed by atoms with van der Waals surface area (Å²) in [6.45, 7) is 6.55. The summed E-state index contributed by atoms with van der Waals surface area (Å²) in [7, 11) is 3.02. The second-order valence-corrected chi connectivity index (χ2v) is 9.81. The van der Waals surface area contributed by atoms with Crippen molar-refractivity contribution < 1.29 is 33.6 Å². The predicted molar refractivity (Wildman–Crippen MR) is 138 cm³/mol. The molecule has 0 bridgehead atoms. The molecule has 0 radical (unpaired) electrons. The third kappa shape index (κ3) is 7.58. The van der Waals surface area contributed by atoms with E-state index in [0.717, 1.165) is 24.2 Å². The van der Waals surface area contributed by atoms with Crippen molar-refractivity contribution >= 4 is 11.9 Å². The summed E-state index contributed by atoms with van der Waals surface area (Å²) in [5.74, 6) is -0.241. The Morgan fingerprint density at radius 3 is 2.54 bits per heavy atom. The molecule has 2 N–H and O–H groups in total. The van der Waals surface area contributed by atoms with Crippen molar-refractivity contribution in [3.05, 3.63) is 47.8 Å². The van der Waals surface area contributed by atoms with Crippen molar-refractivity contribution in [2.45, 2.75) is 64.7 Å². The Hall–Kier alpha value is -3.33. The maximum atomic E-state index is 13.1. The number of methoxy groups -OCH3 is 2. The summed E-state index contributed by atoms with van der Waals surface area (Å²) in [6.07, 6.45) is 3.14. The molecule has 1 amide bonds. The van der Waals surface area contributed by atoms with E-state index in [0.29, 0.717) is 25.4 Å². The Balaban J connectivity index is 1.78. The number of cyclic esters (lactones) is 1. The molecular formula is C28H38N2O7. The van der Waals surface area contributed by atoms with Crippen LogP contribution in [0.15, 0.2) is 36.5 Å². The van der Waals surface area contributed by atoms with Gasteiger partial charge in [-0.15, -0.1) is 0 Å². The topological polar surface area (TPSA) is 116 Å². The standard InChI is InChI=1S/C28H38N2O7/c1-17(2)16-36-26-18(3)37-28(33)22(30-27(32)24-25(31)23(35-5)13-14-29-24)8-6-7-20(26)15-19-9-11-21(34-4)12-10-19/h9-14,17-18,20,22,26,31H,6-8,15-16H2,1-5H3,(H,30,32). The number of aromatic hydroxyl groups is 1. The third-order valence-electron chi connectivity index (χ3n) is 6.49. The van der Waals surface area contributed by atoms with Gasteiger partial charge in [0.1, 0.15) is 17.9 Å². The Bertz CT molecular complexity index is 1040. The molecule has 9 nitrogen and oxygen atoms in total. The van der Waals surface area contributed by atoms with Crippen molar-refractivity contribution in [2.75, 3.05) is 20.8 Å². The minimum absolute atomic E-state index is 0.105. The third-order valence-corrected chi connectivity index (χ3v) is 6.49. The van der Waals surface area contributed by atoms with Gasteiger partial charge in [0.15, 0.2) is 17.2 Å². The minimum atomic E-state index is -0.882. The van der Waals surface area contributed by atoms with Crippen LogP contribution >= 0.6 is 0 Å². The van der Waals surface area contributed by atoms with Crippen LogP contribution in [0.4, 0.5) is 0 Å². The first kappa shape index (κ1) is 28.2. The minimum Gasteiger partial charge on any atom is -0.503 e. The molecule has 1 aliphatic heterocycles. The van der Waals surface area contributed by atoms with Gasteiger partial charge in [-0.2, -0.15) is 0 Å². The number of hydrogen-bond acceptors (Lipinski definition) is 8. The van der Waals surface area contributed by atoms with Gasteiger partial charge in [0.05, 0.1) is 20.3 Å². The molecule has 4 unspecified atom stereocenters. The Kier molecular flexibility index (Phi) is 10.1. The monoisotopic (exact) mass is 514 g/mol. The van der Waals surface area contributed by atoms with Crippen LogP contribution in [0.3, 0.4) is 0 Å². The van der Waals surface area contributed by atoms with Crippen LogP contribution in [0.5, 0.6) is 17.2 Å². The highest BCUT2D eigenvalue weighted by atomic mass is 16.6. The highest BCUT2D eigenvalue weighted by Gasteiger charge is 2.35. The number of amides is 1. The molecule has 0 spiro atoms. The van der Waals surface area contributed by atoms with Crippen molar-refractivity contribution in [3.8, 4) is 17.2 Å². The highest BCUT2D eigenvalue weighted by molar-refractivity contribution is 5.97. The molecule has 4 atom stereocenters. The molecule has 1 saturated heterocycles. The van der Waals surface area contributed by atoms with Crippen molar-refractivity contribution in [1.29, 1.82) is 0 Å². The van der Waals surface area contributed by atoms with Crippen molar-refractivity contribution in [2.24, 2.45) is 11.8 Å². The number of pyridine rings is 1. The number of ether oxygens (including phenoxy) is 4. The lowest BCUT2D eigenvalue weighted by molar-refractivity contribution is -0.161. The number of benzene rings is 1. The molecular weight excluding hydrogens is 476 g/mol. The average Bonchev–Trinajstić information content (AvgIpc) is 2.92. The lowest BCUT2D eigenvalue weighted by atomic mass is 9.86. The zero-order chi connectivity index (χ0) is 26.9. The van der Waals surface area contributed by atoms with Crippen LogP contribution in [-0.2, 0) is 20.7 Å². The van der Waals surface area contributed by atoms with Crippen LogP contribution in [-0.4, -0.2) is 61.0 Å². The first-order valence-corrected chi connectivity index (χ1v) is 12.7. The van der Waals surface area contributed by atoms with Gasteiger partial charge in [-0.05, 0) is 55.7 Å². The fraction of sp³-hybridized carbons (Fsp3) is 0.536. The van der Waals surface area contributed by atoms with E-state index in [1.54, 1.807) is 7.11 Å². The quantitative estimate of drug-likeness (QED) is 0.484. The van der Waals surface area contributed by atoms with E-state index >= 15 is 0 Å². The summed E-state index contributed by atoms with van der Waals surface area (Å²) < 4.78 is 22.5. The van der Waals surface area contributed by atoms with E-state index in [1.807, 2.05) is 31.2 Å². The lowest BCUT2D eigenvalue weighted by Crippen LogP contribution is -2.44. The molecule has 3 rings (SSSR count). The van der Waals surface area contributed by atoms with Gasteiger partial charge in [0, 0.05) is 18.9 Å².